The summed E-state index contributed by atoms with van der Waals surface area (Å²) in [6.45, 7) is 2.35. The molecule has 1 fully saturated rings. The molecule has 1 aliphatic rings. The van der Waals surface area contributed by atoms with Crippen LogP contribution in [-0.2, 0) is 9.59 Å². The summed E-state index contributed by atoms with van der Waals surface area (Å²) >= 11 is 1.62. The van der Waals surface area contributed by atoms with Crippen LogP contribution in [0, 0.1) is 5.92 Å². The monoisotopic (exact) mass is 187 g/mol. The Bertz CT molecular complexity index is 205. The Hall–Kier alpha value is -0.510. The zero-order chi connectivity index (χ0) is 9.14. The number of nitrogens with zero attached hydrogens (tertiary/aromatic N) is 1. The van der Waals surface area contributed by atoms with Gasteiger partial charge in [0.2, 0.25) is 11.8 Å². The first kappa shape index (κ1) is 9.58. The molecule has 1 saturated heterocycles. The van der Waals surface area contributed by atoms with Crippen molar-refractivity contribution >= 4 is 23.6 Å². The van der Waals surface area contributed by atoms with Gasteiger partial charge < -0.3 is 0 Å². The Morgan fingerprint density at radius 3 is 2.67 bits per heavy atom. The molecule has 0 aromatic carbocycles. The van der Waals surface area contributed by atoms with Gasteiger partial charge in [-0.1, -0.05) is 0 Å². The maximum atomic E-state index is 11.4. The van der Waals surface area contributed by atoms with Crippen LogP contribution in [-0.4, -0.2) is 35.3 Å². The van der Waals surface area contributed by atoms with Crippen molar-refractivity contribution in [1.29, 1.82) is 0 Å². The number of amides is 2. The molecular weight excluding hydrogens is 174 g/mol. The molecule has 1 heterocycles. The minimum absolute atomic E-state index is 0.0110. The van der Waals surface area contributed by atoms with Gasteiger partial charge in [-0.15, -0.1) is 0 Å². The highest BCUT2D eigenvalue weighted by Gasteiger charge is 2.36. The zero-order valence-corrected chi connectivity index (χ0v) is 8.19. The molecule has 0 aromatic rings. The maximum Gasteiger partial charge on any atom is 0.233 e. The number of carbonyl (C=O) groups is 2. The Balaban J connectivity index is 2.62. The van der Waals surface area contributed by atoms with Crippen molar-refractivity contribution in [1.82, 2.24) is 4.90 Å². The van der Waals surface area contributed by atoms with Gasteiger partial charge in [-0.25, -0.2) is 0 Å². The standard InChI is InChI=1S/C8H13NO2S/c1-3-9-7(10)4-6(5-12-2)8(9)11/h6H,3-5H2,1-2H3. The van der Waals surface area contributed by atoms with Crippen LogP contribution in [0.4, 0.5) is 0 Å². The molecule has 0 radical (unpaired) electrons. The molecule has 3 nitrogen and oxygen atoms in total. The van der Waals surface area contributed by atoms with Crippen LogP contribution in [0.5, 0.6) is 0 Å². The fourth-order valence-corrected chi connectivity index (χ4v) is 2.08. The first-order valence-electron chi connectivity index (χ1n) is 4.03. The highest BCUT2D eigenvalue weighted by atomic mass is 32.2. The first-order valence-corrected chi connectivity index (χ1v) is 5.43. The molecule has 4 heteroatoms. The molecule has 0 aliphatic carbocycles. The molecule has 0 aromatic heterocycles. The number of hydrogen-bond acceptors (Lipinski definition) is 3. The van der Waals surface area contributed by atoms with Gasteiger partial charge in [-0.2, -0.15) is 11.8 Å². The summed E-state index contributed by atoms with van der Waals surface area (Å²) in [4.78, 5) is 24.0. The van der Waals surface area contributed by atoms with Crippen LogP contribution < -0.4 is 0 Å². The van der Waals surface area contributed by atoms with Gasteiger partial charge in [-0.05, 0) is 13.2 Å². The van der Waals surface area contributed by atoms with Gasteiger partial charge in [-0.3, -0.25) is 14.5 Å². The summed E-state index contributed by atoms with van der Waals surface area (Å²) in [6.07, 6.45) is 2.36. The second kappa shape index (κ2) is 3.94. The SMILES string of the molecule is CCN1C(=O)CC(CSC)C1=O. The fourth-order valence-electron chi connectivity index (χ4n) is 1.42. The lowest BCUT2D eigenvalue weighted by Crippen LogP contribution is -2.30. The second-order valence-electron chi connectivity index (χ2n) is 2.83. The molecule has 0 N–H and O–H groups in total. The third-order valence-corrected chi connectivity index (χ3v) is 2.76. The molecule has 1 aliphatic heterocycles. The van der Waals surface area contributed by atoms with Crippen LogP contribution in [0.15, 0.2) is 0 Å². The average Bonchev–Trinajstić information content (AvgIpc) is 2.29. The van der Waals surface area contributed by atoms with Gasteiger partial charge in [0.15, 0.2) is 0 Å². The van der Waals surface area contributed by atoms with Crippen molar-refractivity contribution in [2.45, 2.75) is 13.3 Å². The molecule has 1 atom stereocenters. The molecular formula is C8H13NO2S. The lowest BCUT2D eigenvalue weighted by Gasteiger charge is -2.10. The third-order valence-electron chi connectivity index (χ3n) is 2.02. The van der Waals surface area contributed by atoms with Crippen molar-refractivity contribution in [2.24, 2.45) is 5.92 Å². The smallest absolute Gasteiger partial charge is 0.233 e. The number of imide groups is 1. The van der Waals surface area contributed by atoms with E-state index in [0.29, 0.717) is 13.0 Å². The minimum Gasteiger partial charge on any atom is -0.283 e. The lowest BCUT2D eigenvalue weighted by molar-refractivity contribution is -0.138. The quantitative estimate of drug-likeness (QED) is 0.612. The molecule has 0 spiro atoms. The zero-order valence-electron chi connectivity index (χ0n) is 7.37. The fraction of sp³-hybridized carbons (Fsp3) is 0.750. The summed E-state index contributed by atoms with van der Waals surface area (Å²) in [5, 5.41) is 0. The summed E-state index contributed by atoms with van der Waals surface area (Å²) in [6, 6.07) is 0. The van der Waals surface area contributed by atoms with Crippen molar-refractivity contribution < 1.29 is 9.59 Å². The van der Waals surface area contributed by atoms with Crippen molar-refractivity contribution in [3.63, 3.8) is 0 Å². The highest BCUT2D eigenvalue weighted by Crippen LogP contribution is 2.21. The number of rotatable bonds is 3. The van der Waals surface area contributed by atoms with Crippen LogP contribution in [0.25, 0.3) is 0 Å². The van der Waals surface area contributed by atoms with Crippen LogP contribution in [0.2, 0.25) is 0 Å². The highest BCUT2D eigenvalue weighted by molar-refractivity contribution is 7.98. The molecule has 2 amide bonds. The van der Waals surface area contributed by atoms with E-state index in [-0.39, 0.29) is 17.7 Å². The molecule has 1 rings (SSSR count). The summed E-state index contributed by atoms with van der Waals surface area (Å²) in [5.74, 6) is 0.701. The Labute approximate surface area is 76.5 Å². The van der Waals surface area contributed by atoms with Gasteiger partial charge >= 0.3 is 0 Å². The summed E-state index contributed by atoms with van der Waals surface area (Å²) in [7, 11) is 0. The van der Waals surface area contributed by atoms with E-state index in [9.17, 15) is 9.59 Å². The molecule has 12 heavy (non-hydrogen) atoms. The van der Waals surface area contributed by atoms with Crippen molar-refractivity contribution in [3.05, 3.63) is 0 Å². The number of likely N-dealkylation sites (tertiary alicyclic amines) is 1. The maximum absolute atomic E-state index is 11.4. The van der Waals surface area contributed by atoms with Crippen molar-refractivity contribution in [2.75, 3.05) is 18.6 Å². The molecule has 0 bridgehead atoms. The van der Waals surface area contributed by atoms with E-state index in [2.05, 4.69) is 0 Å². The van der Waals surface area contributed by atoms with Crippen LogP contribution in [0.1, 0.15) is 13.3 Å². The normalized spacial score (nSPS) is 23.8. The number of thioether (sulfide) groups is 1. The predicted molar refractivity (Wildman–Crippen MR) is 48.9 cm³/mol. The van der Waals surface area contributed by atoms with E-state index in [1.807, 2.05) is 13.2 Å². The van der Waals surface area contributed by atoms with Crippen LogP contribution in [0.3, 0.4) is 0 Å². The number of hydrogen-bond donors (Lipinski definition) is 0. The van der Waals surface area contributed by atoms with E-state index in [1.54, 1.807) is 11.8 Å². The van der Waals surface area contributed by atoms with E-state index in [0.717, 1.165) is 5.75 Å². The van der Waals surface area contributed by atoms with E-state index < -0.39 is 0 Å². The van der Waals surface area contributed by atoms with Crippen molar-refractivity contribution in [3.8, 4) is 0 Å². The molecule has 0 saturated carbocycles. The lowest BCUT2D eigenvalue weighted by atomic mass is 10.1. The van der Waals surface area contributed by atoms with Crippen LogP contribution >= 0.6 is 11.8 Å². The predicted octanol–water partition coefficient (Wildman–Crippen LogP) is 0.744. The van der Waals surface area contributed by atoms with Gasteiger partial charge in [0.25, 0.3) is 0 Å². The topological polar surface area (TPSA) is 37.4 Å². The first-order chi connectivity index (χ1) is 5.70. The third kappa shape index (κ3) is 1.63. The largest absolute Gasteiger partial charge is 0.283 e. The molecule has 1 unspecified atom stereocenters. The van der Waals surface area contributed by atoms with E-state index in [4.69, 9.17) is 0 Å². The average molecular weight is 187 g/mol. The van der Waals surface area contributed by atoms with E-state index in [1.165, 1.54) is 4.90 Å². The van der Waals surface area contributed by atoms with Gasteiger partial charge in [0, 0.05) is 18.7 Å². The summed E-state index contributed by atoms with van der Waals surface area (Å²) < 4.78 is 0. The van der Waals surface area contributed by atoms with Gasteiger partial charge in [0.05, 0.1) is 5.92 Å². The number of carbonyl (C=O) groups excluding carboxylic acids is 2. The Morgan fingerprint density at radius 2 is 2.25 bits per heavy atom. The summed E-state index contributed by atoms with van der Waals surface area (Å²) in [5.41, 5.74) is 0. The minimum atomic E-state index is -0.0625. The van der Waals surface area contributed by atoms with Gasteiger partial charge in [0.1, 0.15) is 0 Å². The van der Waals surface area contributed by atoms with E-state index >= 15 is 0 Å². The Kier molecular flexibility index (Phi) is 3.14. The second-order valence-corrected chi connectivity index (χ2v) is 3.74. The Morgan fingerprint density at radius 1 is 1.58 bits per heavy atom. The molecule has 68 valence electrons.